The molecule has 2 N–H and O–H groups in total. The molecular weight excluding hydrogens is 216 g/mol. The van der Waals surface area contributed by atoms with Crippen LogP contribution in [-0.2, 0) is 0 Å². The van der Waals surface area contributed by atoms with Gasteiger partial charge in [0.25, 0.3) is 0 Å². The highest BCUT2D eigenvalue weighted by Crippen LogP contribution is 2.18. The normalized spacial score (nSPS) is 10.3. The van der Waals surface area contributed by atoms with E-state index in [1.807, 2.05) is 25.1 Å². The molecule has 0 aliphatic heterocycles. The van der Waals surface area contributed by atoms with Gasteiger partial charge in [0.2, 0.25) is 0 Å². The molecule has 0 aliphatic rings. The minimum atomic E-state index is -0.457. The quantitative estimate of drug-likeness (QED) is 0.825. The Kier molecular flexibility index (Phi) is 2.91. The van der Waals surface area contributed by atoms with Crippen LogP contribution in [0.3, 0.4) is 0 Å². The summed E-state index contributed by atoms with van der Waals surface area (Å²) in [7, 11) is 0. The predicted octanol–water partition coefficient (Wildman–Crippen LogP) is 1.83. The molecule has 1 heterocycles. The van der Waals surface area contributed by atoms with Crippen LogP contribution in [0, 0.1) is 20.8 Å². The van der Waals surface area contributed by atoms with Gasteiger partial charge in [-0.05, 0) is 44.0 Å². The van der Waals surface area contributed by atoms with Crippen molar-refractivity contribution >= 4 is 11.5 Å². The molecule has 0 saturated heterocycles. The summed E-state index contributed by atoms with van der Waals surface area (Å²) in [5.41, 5.74) is 3.51. The average molecular weight is 230 g/mol. The van der Waals surface area contributed by atoms with Gasteiger partial charge in [0.1, 0.15) is 5.69 Å². The summed E-state index contributed by atoms with van der Waals surface area (Å²) in [5, 5.41) is 9.23. The molecule has 0 fully saturated rings. The maximum Gasteiger partial charge on any atom is 0.363 e. The molecular formula is C12H14N4O. The van der Waals surface area contributed by atoms with Gasteiger partial charge in [-0.3, -0.25) is 0 Å². The van der Waals surface area contributed by atoms with Crippen LogP contribution in [-0.4, -0.2) is 15.2 Å². The Labute approximate surface area is 98.9 Å². The molecule has 5 heteroatoms. The molecule has 0 amide bonds. The zero-order valence-electron chi connectivity index (χ0n) is 10.0. The number of hydrogen-bond donors (Lipinski definition) is 2. The lowest BCUT2D eigenvalue weighted by atomic mass is 10.1. The van der Waals surface area contributed by atoms with Crippen LogP contribution < -0.4 is 11.0 Å². The van der Waals surface area contributed by atoms with Crippen LogP contribution in [0.1, 0.15) is 16.8 Å². The zero-order valence-corrected chi connectivity index (χ0v) is 10.0. The van der Waals surface area contributed by atoms with Gasteiger partial charge < -0.3 is 5.32 Å². The Morgan fingerprint density at radius 3 is 2.65 bits per heavy atom. The Hall–Kier alpha value is -2.17. The fourth-order valence-electron chi connectivity index (χ4n) is 1.47. The maximum atomic E-state index is 11.1. The van der Waals surface area contributed by atoms with Crippen molar-refractivity contribution in [1.29, 1.82) is 0 Å². The van der Waals surface area contributed by atoms with Crippen molar-refractivity contribution in [3.05, 3.63) is 45.5 Å². The van der Waals surface area contributed by atoms with Crippen molar-refractivity contribution in [2.24, 2.45) is 0 Å². The van der Waals surface area contributed by atoms with Crippen LogP contribution in [0.2, 0.25) is 0 Å². The molecule has 2 aromatic rings. The van der Waals surface area contributed by atoms with Crippen LogP contribution >= 0.6 is 0 Å². The van der Waals surface area contributed by atoms with Gasteiger partial charge in [-0.1, -0.05) is 6.07 Å². The van der Waals surface area contributed by atoms with Crippen molar-refractivity contribution < 1.29 is 0 Å². The first kappa shape index (κ1) is 11.3. The molecule has 2 rings (SSSR count). The summed E-state index contributed by atoms with van der Waals surface area (Å²) < 4.78 is 0. The number of nitrogens with zero attached hydrogens (tertiary/aromatic N) is 2. The van der Waals surface area contributed by atoms with E-state index in [1.165, 1.54) is 11.1 Å². The lowest BCUT2D eigenvalue weighted by molar-refractivity contribution is 0.885. The number of nitrogens with one attached hydrogen (secondary N) is 2. The fourth-order valence-corrected chi connectivity index (χ4v) is 1.47. The number of hydrogen-bond acceptors (Lipinski definition) is 4. The number of benzene rings is 1. The van der Waals surface area contributed by atoms with Crippen molar-refractivity contribution in [2.45, 2.75) is 20.8 Å². The van der Waals surface area contributed by atoms with Gasteiger partial charge in [0.15, 0.2) is 5.82 Å². The third-order valence-electron chi connectivity index (χ3n) is 2.64. The Morgan fingerprint density at radius 1 is 1.18 bits per heavy atom. The molecule has 88 valence electrons. The van der Waals surface area contributed by atoms with E-state index in [9.17, 15) is 4.79 Å². The topological polar surface area (TPSA) is 70.7 Å². The summed E-state index contributed by atoms with van der Waals surface area (Å²) in [4.78, 5) is 14.9. The second-order valence-corrected chi connectivity index (χ2v) is 4.00. The first-order valence-electron chi connectivity index (χ1n) is 5.34. The second-order valence-electron chi connectivity index (χ2n) is 4.00. The number of aromatic amines is 1. The van der Waals surface area contributed by atoms with Crippen LogP contribution in [0.4, 0.5) is 11.5 Å². The van der Waals surface area contributed by atoms with Gasteiger partial charge >= 0.3 is 5.69 Å². The molecule has 0 atom stereocenters. The SMILES string of the molecule is Cc1ccc(Nc2nc(=O)[nH]nc2C)cc1C. The predicted molar refractivity (Wildman–Crippen MR) is 66.6 cm³/mol. The minimum absolute atomic E-state index is 0.457. The van der Waals surface area contributed by atoms with E-state index in [1.54, 1.807) is 6.92 Å². The summed E-state index contributed by atoms with van der Waals surface area (Å²) in [6.45, 7) is 5.88. The van der Waals surface area contributed by atoms with E-state index in [2.05, 4.69) is 27.4 Å². The smallest absolute Gasteiger partial charge is 0.338 e. The highest BCUT2D eigenvalue weighted by atomic mass is 16.1. The van der Waals surface area contributed by atoms with Crippen molar-refractivity contribution in [1.82, 2.24) is 15.2 Å². The lowest BCUT2D eigenvalue weighted by Gasteiger charge is -2.08. The zero-order chi connectivity index (χ0) is 12.4. The van der Waals surface area contributed by atoms with E-state index in [0.717, 1.165) is 5.69 Å². The van der Waals surface area contributed by atoms with E-state index in [4.69, 9.17) is 0 Å². The molecule has 1 aromatic heterocycles. The van der Waals surface area contributed by atoms with Gasteiger partial charge in [-0.2, -0.15) is 10.1 Å². The highest BCUT2D eigenvalue weighted by Gasteiger charge is 2.03. The lowest BCUT2D eigenvalue weighted by Crippen LogP contribution is -2.15. The van der Waals surface area contributed by atoms with E-state index in [-0.39, 0.29) is 0 Å². The van der Waals surface area contributed by atoms with Crippen LogP contribution in [0.5, 0.6) is 0 Å². The maximum absolute atomic E-state index is 11.1. The van der Waals surface area contributed by atoms with Crippen LogP contribution in [0.15, 0.2) is 23.0 Å². The van der Waals surface area contributed by atoms with E-state index < -0.39 is 5.69 Å². The third-order valence-corrected chi connectivity index (χ3v) is 2.64. The summed E-state index contributed by atoms with van der Waals surface area (Å²) >= 11 is 0. The first-order valence-corrected chi connectivity index (χ1v) is 5.34. The molecule has 0 bridgehead atoms. The molecule has 0 saturated carbocycles. The third kappa shape index (κ3) is 2.50. The number of H-pyrrole nitrogens is 1. The summed E-state index contributed by atoms with van der Waals surface area (Å²) in [6.07, 6.45) is 0. The van der Waals surface area contributed by atoms with Crippen molar-refractivity contribution in [2.75, 3.05) is 5.32 Å². The van der Waals surface area contributed by atoms with Crippen molar-refractivity contribution in [3.63, 3.8) is 0 Å². The summed E-state index contributed by atoms with van der Waals surface area (Å²) in [5.74, 6) is 0.483. The largest absolute Gasteiger partial charge is 0.363 e. The molecule has 5 nitrogen and oxygen atoms in total. The summed E-state index contributed by atoms with van der Waals surface area (Å²) in [6, 6.07) is 5.98. The number of anilines is 2. The number of aryl methyl sites for hydroxylation is 3. The van der Waals surface area contributed by atoms with Gasteiger partial charge in [0.05, 0.1) is 0 Å². The number of aromatic nitrogens is 3. The molecule has 0 spiro atoms. The first-order chi connectivity index (χ1) is 8.06. The molecule has 1 aromatic carbocycles. The van der Waals surface area contributed by atoms with Gasteiger partial charge in [-0.15, -0.1) is 0 Å². The average Bonchev–Trinajstić information content (AvgIpc) is 2.29. The Bertz CT molecular complexity index is 604. The monoisotopic (exact) mass is 230 g/mol. The molecule has 17 heavy (non-hydrogen) atoms. The van der Waals surface area contributed by atoms with E-state index >= 15 is 0 Å². The minimum Gasteiger partial charge on any atom is -0.338 e. The standard InChI is InChI=1S/C12H14N4O/c1-7-4-5-10(6-8(7)2)13-11-9(3)15-16-12(17)14-11/h4-6H,1-3H3,(H2,13,14,16,17). The Morgan fingerprint density at radius 2 is 1.94 bits per heavy atom. The molecule has 0 unspecified atom stereocenters. The Balaban J connectivity index is 2.34. The highest BCUT2D eigenvalue weighted by molar-refractivity contribution is 5.59. The molecule has 0 aliphatic carbocycles. The fraction of sp³-hybridized carbons (Fsp3) is 0.250. The van der Waals surface area contributed by atoms with Gasteiger partial charge in [-0.25, -0.2) is 9.89 Å². The second kappa shape index (κ2) is 4.37. The van der Waals surface area contributed by atoms with E-state index in [0.29, 0.717) is 11.5 Å². The van der Waals surface area contributed by atoms with Crippen molar-refractivity contribution in [3.8, 4) is 0 Å². The number of rotatable bonds is 2. The van der Waals surface area contributed by atoms with Crippen LogP contribution in [0.25, 0.3) is 0 Å². The van der Waals surface area contributed by atoms with Gasteiger partial charge in [0, 0.05) is 5.69 Å². The molecule has 0 radical (unpaired) electrons.